The lowest BCUT2D eigenvalue weighted by atomic mass is 10.3. The molecule has 0 saturated carbocycles. The summed E-state index contributed by atoms with van der Waals surface area (Å²) in [6, 6.07) is 3.73. The van der Waals surface area contributed by atoms with Gasteiger partial charge in [0.2, 0.25) is 0 Å². The summed E-state index contributed by atoms with van der Waals surface area (Å²) in [5.41, 5.74) is 0. The third kappa shape index (κ3) is 3.17. The van der Waals surface area contributed by atoms with Crippen LogP contribution >= 0.6 is 0 Å². The molecule has 0 aliphatic heterocycles. The van der Waals surface area contributed by atoms with Crippen LogP contribution < -0.4 is 10.1 Å². The summed E-state index contributed by atoms with van der Waals surface area (Å²) in [5.74, 6) is 2.43. The van der Waals surface area contributed by atoms with Crippen LogP contribution in [0.4, 0.5) is 5.82 Å². The van der Waals surface area contributed by atoms with Gasteiger partial charge in [0.05, 0.1) is 7.11 Å². The van der Waals surface area contributed by atoms with E-state index >= 15 is 0 Å². The molecule has 6 heteroatoms. The van der Waals surface area contributed by atoms with Crippen LogP contribution in [0, 0.1) is 0 Å². The Morgan fingerprint density at radius 1 is 1.41 bits per heavy atom. The average molecular weight is 233 g/mol. The van der Waals surface area contributed by atoms with Crippen molar-refractivity contribution in [2.24, 2.45) is 0 Å². The van der Waals surface area contributed by atoms with Gasteiger partial charge in [0, 0.05) is 19.2 Å². The molecule has 2 aromatic heterocycles. The summed E-state index contributed by atoms with van der Waals surface area (Å²) in [5, 5.41) is 9.86. The second-order valence-electron chi connectivity index (χ2n) is 3.52. The minimum Gasteiger partial charge on any atom is -0.493 e. The van der Waals surface area contributed by atoms with Crippen molar-refractivity contribution in [1.29, 1.82) is 0 Å². The number of aromatic amines is 1. The first kappa shape index (κ1) is 11.4. The topological polar surface area (TPSA) is 75.7 Å². The van der Waals surface area contributed by atoms with Crippen LogP contribution in [-0.2, 0) is 6.42 Å². The molecule has 0 radical (unpaired) electrons. The van der Waals surface area contributed by atoms with E-state index in [1.54, 1.807) is 13.3 Å². The summed E-state index contributed by atoms with van der Waals surface area (Å²) in [7, 11) is 1.64. The van der Waals surface area contributed by atoms with Gasteiger partial charge in [-0.2, -0.15) is 5.10 Å². The molecule has 2 rings (SSSR count). The Bertz CT molecular complexity index is 443. The second-order valence-corrected chi connectivity index (χ2v) is 3.52. The molecule has 2 heterocycles. The molecule has 0 unspecified atom stereocenters. The normalized spacial score (nSPS) is 10.2. The Morgan fingerprint density at radius 2 is 2.35 bits per heavy atom. The molecular formula is C11H15N5O. The van der Waals surface area contributed by atoms with Crippen molar-refractivity contribution in [2.75, 3.05) is 19.0 Å². The molecule has 6 nitrogen and oxygen atoms in total. The molecule has 0 fully saturated rings. The summed E-state index contributed by atoms with van der Waals surface area (Å²) >= 11 is 0. The quantitative estimate of drug-likeness (QED) is 0.734. The van der Waals surface area contributed by atoms with E-state index in [4.69, 9.17) is 4.74 Å². The van der Waals surface area contributed by atoms with Gasteiger partial charge in [-0.25, -0.2) is 9.97 Å². The fourth-order valence-electron chi connectivity index (χ4n) is 1.50. The lowest BCUT2D eigenvalue weighted by Crippen LogP contribution is -2.06. The monoisotopic (exact) mass is 233 g/mol. The third-order valence-electron chi connectivity index (χ3n) is 2.34. The smallest absolute Gasteiger partial charge is 0.168 e. The number of pyridine rings is 1. The standard InChI is InChI=1S/C11H15N5O/c1-17-9-4-2-6-12-11(9)13-7-3-5-10-14-8-15-16-10/h2,4,6,8H,3,5,7H2,1H3,(H,12,13)(H,14,15,16). The van der Waals surface area contributed by atoms with Crippen LogP contribution in [0.2, 0.25) is 0 Å². The number of aromatic nitrogens is 4. The zero-order chi connectivity index (χ0) is 11.9. The Labute approximate surface area is 99.4 Å². The maximum absolute atomic E-state index is 5.19. The number of rotatable bonds is 6. The van der Waals surface area contributed by atoms with E-state index in [9.17, 15) is 0 Å². The maximum Gasteiger partial charge on any atom is 0.168 e. The highest BCUT2D eigenvalue weighted by Gasteiger charge is 2.02. The Kier molecular flexibility index (Phi) is 3.90. The van der Waals surface area contributed by atoms with Crippen molar-refractivity contribution in [3.05, 3.63) is 30.5 Å². The molecule has 0 bridgehead atoms. The van der Waals surface area contributed by atoms with Gasteiger partial charge in [0.15, 0.2) is 11.6 Å². The number of nitrogens with one attached hydrogen (secondary N) is 2. The van der Waals surface area contributed by atoms with Gasteiger partial charge in [0.25, 0.3) is 0 Å². The Morgan fingerprint density at radius 3 is 3.12 bits per heavy atom. The second kappa shape index (κ2) is 5.83. The van der Waals surface area contributed by atoms with Gasteiger partial charge >= 0.3 is 0 Å². The summed E-state index contributed by atoms with van der Waals surface area (Å²) in [4.78, 5) is 8.27. The van der Waals surface area contributed by atoms with Crippen molar-refractivity contribution in [3.8, 4) is 5.75 Å². The first-order chi connectivity index (χ1) is 8.40. The van der Waals surface area contributed by atoms with Gasteiger partial charge in [-0.3, -0.25) is 5.10 Å². The average Bonchev–Trinajstić information content (AvgIpc) is 2.88. The lowest BCUT2D eigenvalue weighted by molar-refractivity contribution is 0.415. The van der Waals surface area contributed by atoms with E-state index < -0.39 is 0 Å². The third-order valence-corrected chi connectivity index (χ3v) is 2.34. The van der Waals surface area contributed by atoms with Crippen molar-refractivity contribution < 1.29 is 4.74 Å². The fourth-order valence-corrected chi connectivity index (χ4v) is 1.50. The van der Waals surface area contributed by atoms with E-state index in [1.165, 1.54) is 6.33 Å². The van der Waals surface area contributed by atoms with E-state index in [0.717, 1.165) is 36.8 Å². The highest BCUT2D eigenvalue weighted by atomic mass is 16.5. The van der Waals surface area contributed by atoms with Gasteiger partial charge in [-0.15, -0.1) is 0 Å². The molecule has 0 saturated heterocycles. The zero-order valence-electron chi connectivity index (χ0n) is 9.68. The molecular weight excluding hydrogens is 218 g/mol. The molecule has 90 valence electrons. The highest BCUT2D eigenvalue weighted by Crippen LogP contribution is 2.19. The number of H-pyrrole nitrogens is 1. The minimum atomic E-state index is 0.757. The first-order valence-electron chi connectivity index (χ1n) is 5.47. The van der Waals surface area contributed by atoms with E-state index in [2.05, 4.69) is 25.5 Å². The van der Waals surface area contributed by atoms with Crippen LogP contribution in [0.5, 0.6) is 5.75 Å². The number of hydrogen-bond acceptors (Lipinski definition) is 5. The van der Waals surface area contributed by atoms with E-state index in [1.807, 2.05) is 12.1 Å². The summed E-state index contributed by atoms with van der Waals surface area (Å²) < 4.78 is 5.19. The largest absolute Gasteiger partial charge is 0.493 e. The van der Waals surface area contributed by atoms with E-state index in [-0.39, 0.29) is 0 Å². The maximum atomic E-state index is 5.19. The van der Waals surface area contributed by atoms with Crippen molar-refractivity contribution in [1.82, 2.24) is 20.2 Å². The van der Waals surface area contributed by atoms with E-state index in [0.29, 0.717) is 0 Å². The Balaban J connectivity index is 1.78. The van der Waals surface area contributed by atoms with Crippen molar-refractivity contribution >= 4 is 5.82 Å². The molecule has 0 spiro atoms. The highest BCUT2D eigenvalue weighted by molar-refractivity contribution is 5.49. The zero-order valence-corrected chi connectivity index (χ0v) is 9.68. The molecule has 2 N–H and O–H groups in total. The number of methoxy groups -OCH3 is 1. The van der Waals surface area contributed by atoms with Gasteiger partial charge < -0.3 is 10.1 Å². The molecule has 0 amide bonds. The van der Waals surface area contributed by atoms with Gasteiger partial charge in [0.1, 0.15) is 12.2 Å². The molecule has 0 aromatic carbocycles. The minimum absolute atomic E-state index is 0.757. The predicted octanol–water partition coefficient (Wildman–Crippen LogP) is 1.25. The number of aryl methyl sites for hydroxylation is 1. The molecule has 0 aliphatic carbocycles. The van der Waals surface area contributed by atoms with Crippen molar-refractivity contribution in [3.63, 3.8) is 0 Å². The SMILES string of the molecule is COc1cccnc1NCCCc1ncn[nH]1. The fraction of sp³-hybridized carbons (Fsp3) is 0.364. The summed E-state index contributed by atoms with van der Waals surface area (Å²) in [6.07, 6.45) is 5.07. The van der Waals surface area contributed by atoms with Crippen LogP contribution in [0.1, 0.15) is 12.2 Å². The molecule has 0 aliphatic rings. The predicted molar refractivity (Wildman–Crippen MR) is 64.0 cm³/mol. The number of ether oxygens (including phenoxy) is 1. The number of anilines is 1. The molecule has 0 atom stereocenters. The molecule has 2 aromatic rings. The lowest BCUT2D eigenvalue weighted by Gasteiger charge is -2.08. The van der Waals surface area contributed by atoms with Crippen molar-refractivity contribution in [2.45, 2.75) is 12.8 Å². The van der Waals surface area contributed by atoms with Crippen LogP contribution in [0.25, 0.3) is 0 Å². The summed E-state index contributed by atoms with van der Waals surface area (Å²) in [6.45, 7) is 0.814. The molecule has 17 heavy (non-hydrogen) atoms. The Hall–Kier alpha value is -2.11. The first-order valence-corrected chi connectivity index (χ1v) is 5.47. The number of nitrogens with zero attached hydrogens (tertiary/aromatic N) is 3. The number of hydrogen-bond donors (Lipinski definition) is 2. The van der Waals surface area contributed by atoms with Crippen LogP contribution in [0.3, 0.4) is 0 Å². The van der Waals surface area contributed by atoms with Crippen LogP contribution in [0.15, 0.2) is 24.7 Å². The van der Waals surface area contributed by atoms with Gasteiger partial charge in [-0.1, -0.05) is 0 Å². The van der Waals surface area contributed by atoms with Gasteiger partial charge in [-0.05, 0) is 18.6 Å². The van der Waals surface area contributed by atoms with Crippen LogP contribution in [-0.4, -0.2) is 33.8 Å².